The van der Waals surface area contributed by atoms with Gasteiger partial charge in [0.2, 0.25) is 10.0 Å². The van der Waals surface area contributed by atoms with Crippen LogP contribution in [0.15, 0.2) is 42.7 Å². The Morgan fingerprint density at radius 2 is 1.74 bits per heavy atom. The van der Waals surface area contributed by atoms with Crippen molar-refractivity contribution < 1.29 is 13.5 Å². The number of benzene rings is 1. The quantitative estimate of drug-likeness (QED) is 0.618. The van der Waals surface area contributed by atoms with Crippen LogP contribution in [0.3, 0.4) is 0 Å². The first-order valence-corrected chi connectivity index (χ1v) is 11.7. The zero-order valence-electron chi connectivity index (χ0n) is 17.2. The van der Waals surface area contributed by atoms with Crippen LogP contribution < -0.4 is 4.90 Å². The van der Waals surface area contributed by atoms with E-state index in [9.17, 15) is 13.5 Å². The summed E-state index contributed by atoms with van der Waals surface area (Å²) in [6, 6.07) is 9.30. The Kier molecular flexibility index (Phi) is 5.98. The number of aliphatic hydroxyl groups is 1. The lowest BCUT2D eigenvalue weighted by atomic mass is 10.1. The van der Waals surface area contributed by atoms with Crippen molar-refractivity contribution in [3.63, 3.8) is 0 Å². The first-order chi connectivity index (χ1) is 14.7. The molecule has 0 saturated carbocycles. The van der Waals surface area contributed by atoms with Crippen LogP contribution in [0.4, 0.5) is 5.82 Å². The molecule has 1 unspecified atom stereocenters. The van der Waals surface area contributed by atoms with Crippen LogP contribution in [-0.4, -0.2) is 69.2 Å². The van der Waals surface area contributed by atoms with Gasteiger partial charge in [-0.15, -0.1) is 0 Å². The summed E-state index contributed by atoms with van der Waals surface area (Å²) in [5.41, 5.74) is 0.995. The minimum atomic E-state index is -3.70. The highest BCUT2D eigenvalue weighted by Crippen LogP contribution is 2.28. The highest BCUT2D eigenvalue weighted by molar-refractivity contribution is 7.89. The van der Waals surface area contributed by atoms with Gasteiger partial charge in [0.25, 0.3) is 0 Å². The minimum absolute atomic E-state index is 0.274. The van der Waals surface area contributed by atoms with Crippen molar-refractivity contribution in [1.29, 1.82) is 0 Å². The summed E-state index contributed by atoms with van der Waals surface area (Å²) in [6.07, 6.45) is 3.55. The molecule has 1 saturated heterocycles. The zero-order chi connectivity index (χ0) is 22.2. The number of aryl methyl sites for hydroxylation is 1. The molecule has 0 amide bonds. The van der Waals surface area contributed by atoms with Crippen LogP contribution in [-0.2, 0) is 17.1 Å². The Balaban J connectivity index is 1.67. The molecule has 2 aromatic heterocycles. The third-order valence-corrected chi connectivity index (χ3v) is 7.37. The first-order valence-electron chi connectivity index (χ1n) is 9.80. The second-order valence-corrected chi connectivity index (χ2v) is 10.0. The Bertz CT molecular complexity index is 1170. The number of hydrogen-bond acceptors (Lipinski definition) is 7. The van der Waals surface area contributed by atoms with Crippen LogP contribution in [0.5, 0.6) is 0 Å². The molecule has 1 aliphatic heterocycles. The fourth-order valence-corrected chi connectivity index (χ4v) is 4.65. The van der Waals surface area contributed by atoms with Gasteiger partial charge in [0.1, 0.15) is 5.82 Å². The molecule has 1 fully saturated rings. The number of anilines is 1. The molecule has 164 valence electrons. The smallest absolute Gasteiger partial charge is 0.240 e. The summed E-state index contributed by atoms with van der Waals surface area (Å²) < 4.78 is 27.5. The highest BCUT2D eigenvalue weighted by atomic mass is 35.5. The van der Waals surface area contributed by atoms with E-state index in [1.165, 1.54) is 11.2 Å². The third kappa shape index (κ3) is 4.57. The predicted octanol–water partition coefficient (Wildman–Crippen LogP) is 1.99. The largest absolute Gasteiger partial charge is 0.376 e. The van der Waals surface area contributed by atoms with Gasteiger partial charge >= 0.3 is 0 Å². The van der Waals surface area contributed by atoms with Crippen molar-refractivity contribution in [2.75, 3.05) is 31.1 Å². The van der Waals surface area contributed by atoms with Crippen LogP contribution in [0.25, 0.3) is 22.6 Å². The molecule has 4 rings (SSSR count). The minimum Gasteiger partial charge on any atom is -0.376 e. The SMILES string of the molecule is CC(O)S(=O)(=O)N1CCN(c2cc(-c3ccc(Cl)cc3)nc(-c3cnn(C)c3)n2)CC1. The summed E-state index contributed by atoms with van der Waals surface area (Å²) in [4.78, 5) is 11.5. The van der Waals surface area contributed by atoms with Crippen molar-refractivity contribution >= 4 is 27.4 Å². The summed E-state index contributed by atoms with van der Waals surface area (Å²) in [5.74, 6) is 1.24. The second-order valence-electron chi connectivity index (χ2n) is 7.37. The number of piperazine rings is 1. The third-order valence-electron chi connectivity index (χ3n) is 5.17. The molecule has 1 N–H and O–H groups in total. The van der Waals surface area contributed by atoms with E-state index in [-0.39, 0.29) is 13.1 Å². The first kappa shape index (κ1) is 21.7. The molecular weight excluding hydrogens is 440 g/mol. The van der Waals surface area contributed by atoms with Gasteiger partial charge < -0.3 is 10.0 Å². The number of halogens is 1. The van der Waals surface area contributed by atoms with Crippen molar-refractivity contribution in [2.24, 2.45) is 7.05 Å². The van der Waals surface area contributed by atoms with Gasteiger partial charge in [0.05, 0.1) is 17.5 Å². The number of aliphatic hydroxyl groups excluding tert-OH is 1. The molecule has 9 nitrogen and oxygen atoms in total. The number of sulfonamides is 1. The lowest BCUT2D eigenvalue weighted by molar-refractivity contribution is 0.249. The van der Waals surface area contributed by atoms with E-state index >= 15 is 0 Å². The maximum absolute atomic E-state index is 12.2. The number of rotatable bonds is 5. The Hall–Kier alpha value is -2.53. The van der Waals surface area contributed by atoms with E-state index in [1.54, 1.807) is 10.9 Å². The molecule has 0 bridgehead atoms. The van der Waals surface area contributed by atoms with E-state index in [0.29, 0.717) is 29.8 Å². The Labute approximate surface area is 186 Å². The molecule has 0 aliphatic carbocycles. The van der Waals surface area contributed by atoms with Gasteiger partial charge in [-0.05, 0) is 19.1 Å². The fraction of sp³-hybridized carbons (Fsp3) is 0.350. The maximum atomic E-state index is 12.2. The van der Waals surface area contributed by atoms with Crippen molar-refractivity contribution in [3.8, 4) is 22.6 Å². The second kappa shape index (κ2) is 8.54. The average molecular weight is 463 g/mol. The molecular formula is C20H23ClN6O3S. The van der Waals surface area contributed by atoms with E-state index in [4.69, 9.17) is 21.6 Å². The molecule has 1 aliphatic rings. The molecule has 3 aromatic rings. The predicted molar refractivity (Wildman–Crippen MR) is 119 cm³/mol. The van der Waals surface area contributed by atoms with E-state index in [0.717, 1.165) is 16.8 Å². The lowest BCUT2D eigenvalue weighted by Gasteiger charge is -2.35. The average Bonchev–Trinajstić information content (AvgIpc) is 3.20. The lowest BCUT2D eigenvalue weighted by Crippen LogP contribution is -2.51. The Morgan fingerprint density at radius 3 is 2.32 bits per heavy atom. The zero-order valence-corrected chi connectivity index (χ0v) is 18.8. The van der Waals surface area contributed by atoms with E-state index in [1.807, 2.05) is 48.5 Å². The van der Waals surface area contributed by atoms with Gasteiger partial charge in [-0.3, -0.25) is 4.68 Å². The van der Waals surface area contributed by atoms with Crippen LogP contribution >= 0.6 is 11.6 Å². The van der Waals surface area contributed by atoms with Crippen LogP contribution in [0.2, 0.25) is 5.02 Å². The molecule has 0 radical (unpaired) electrons. The Morgan fingerprint density at radius 1 is 1.06 bits per heavy atom. The summed E-state index contributed by atoms with van der Waals surface area (Å²) in [7, 11) is -1.87. The van der Waals surface area contributed by atoms with E-state index < -0.39 is 15.5 Å². The monoisotopic (exact) mass is 462 g/mol. The molecule has 11 heteroatoms. The highest BCUT2D eigenvalue weighted by Gasteiger charge is 2.31. The summed E-state index contributed by atoms with van der Waals surface area (Å²) in [6.45, 7) is 2.72. The van der Waals surface area contributed by atoms with Crippen molar-refractivity contribution in [1.82, 2.24) is 24.1 Å². The van der Waals surface area contributed by atoms with Crippen molar-refractivity contribution in [3.05, 3.63) is 47.7 Å². The van der Waals surface area contributed by atoms with Gasteiger partial charge in [-0.25, -0.2) is 18.4 Å². The summed E-state index contributed by atoms with van der Waals surface area (Å²) in [5, 5.41) is 14.4. The van der Waals surface area contributed by atoms with Crippen LogP contribution in [0, 0.1) is 0 Å². The number of hydrogen-bond donors (Lipinski definition) is 1. The molecule has 0 spiro atoms. The molecule has 31 heavy (non-hydrogen) atoms. The maximum Gasteiger partial charge on any atom is 0.240 e. The fourth-order valence-electron chi connectivity index (χ4n) is 3.42. The number of aromatic nitrogens is 4. The van der Waals surface area contributed by atoms with Gasteiger partial charge in [-0.1, -0.05) is 23.7 Å². The molecule has 1 atom stereocenters. The molecule has 3 heterocycles. The summed E-state index contributed by atoms with van der Waals surface area (Å²) >= 11 is 6.03. The van der Waals surface area contributed by atoms with E-state index in [2.05, 4.69) is 5.10 Å². The standard InChI is InChI=1S/C20H23ClN6O3S/c1-14(28)31(29,30)27-9-7-26(8-10-27)19-11-18(15-3-5-17(21)6-4-15)23-20(24-19)16-12-22-25(2)13-16/h3-6,11-14,28H,7-10H2,1-2H3. The molecule has 1 aromatic carbocycles. The number of nitrogens with zero attached hydrogens (tertiary/aromatic N) is 6. The van der Waals surface area contributed by atoms with Gasteiger partial charge in [-0.2, -0.15) is 9.40 Å². The van der Waals surface area contributed by atoms with Gasteiger partial charge in [0.15, 0.2) is 11.3 Å². The van der Waals surface area contributed by atoms with Gasteiger partial charge in [0, 0.05) is 56.1 Å². The normalized spacial score (nSPS) is 16.5. The van der Waals surface area contributed by atoms with Crippen molar-refractivity contribution in [2.45, 2.75) is 12.4 Å². The van der Waals surface area contributed by atoms with Crippen LogP contribution in [0.1, 0.15) is 6.92 Å². The topological polar surface area (TPSA) is 104 Å².